The van der Waals surface area contributed by atoms with Crippen molar-refractivity contribution < 1.29 is 51.6 Å². The van der Waals surface area contributed by atoms with E-state index in [4.69, 9.17) is 23.3 Å². The third kappa shape index (κ3) is 25.3. The van der Waals surface area contributed by atoms with E-state index in [2.05, 4.69) is 26.0 Å². The molecule has 1 aliphatic carbocycles. The first-order valence-electron chi connectivity index (χ1n) is 21.8. The molecule has 0 radical (unpaired) electrons. The van der Waals surface area contributed by atoms with Gasteiger partial charge < -0.3 is 32.6 Å². The summed E-state index contributed by atoms with van der Waals surface area (Å²) in [6.45, 7) is 3.96. The van der Waals surface area contributed by atoms with E-state index in [-0.39, 0.29) is 50.0 Å². The first kappa shape index (κ1) is 50.0. The van der Waals surface area contributed by atoms with Gasteiger partial charge in [0.15, 0.2) is 11.9 Å². The van der Waals surface area contributed by atoms with Gasteiger partial charge in [0, 0.05) is 24.3 Å². The fourth-order valence-electron chi connectivity index (χ4n) is 6.57. The van der Waals surface area contributed by atoms with Crippen LogP contribution in [-0.2, 0) is 42.2 Å². The normalized spacial score (nSPS) is 20.5. The molecule has 1 saturated heterocycles. The van der Waals surface area contributed by atoms with Crippen LogP contribution in [0.25, 0.3) is 0 Å². The Hall–Kier alpha value is -2.14. The van der Waals surface area contributed by atoms with Gasteiger partial charge in [0.1, 0.15) is 25.9 Å². The molecule has 0 bridgehead atoms. The van der Waals surface area contributed by atoms with Crippen LogP contribution in [0.4, 0.5) is 0 Å². The molecule has 0 N–H and O–H groups in total. The van der Waals surface area contributed by atoms with E-state index in [1.165, 1.54) is 77.0 Å². The molecule has 1 aliphatic heterocycles. The van der Waals surface area contributed by atoms with Crippen LogP contribution >= 0.6 is 7.82 Å². The fraction of sp³-hybridized carbons (Fsp3) is 0.795. The van der Waals surface area contributed by atoms with Crippen LogP contribution in [0.5, 0.6) is 0 Å². The number of phosphoric acid groups is 1. The van der Waals surface area contributed by atoms with E-state index in [0.717, 1.165) is 37.7 Å². The van der Waals surface area contributed by atoms with Crippen LogP contribution < -0.4 is 4.89 Å². The minimum atomic E-state index is -4.68. The maximum Gasteiger partial charge on any atom is 0.306 e. The van der Waals surface area contributed by atoms with Crippen molar-refractivity contribution in [1.29, 1.82) is 0 Å². The smallest absolute Gasteiger partial charge is 0.306 e. The van der Waals surface area contributed by atoms with Gasteiger partial charge in [0.25, 0.3) is 7.82 Å². The zero-order chi connectivity index (χ0) is 41.1. The zero-order valence-electron chi connectivity index (χ0n) is 35.6. The number of likely N-dealkylation sites (N-methyl/N-ethyl adjacent to an activating group) is 1. The second kappa shape index (κ2) is 29.1. The van der Waals surface area contributed by atoms with Crippen molar-refractivity contribution in [2.45, 2.75) is 173 Å². The van der Waals surface area contributed by atoms with Crippen molar-refractivity contribution in [3.63, 3.8) is 0 Å². The van der Waals surface area contributed by atoms with Crippen molar-refractivity contribution in [2.75, 3.05) is 47.5 Å². The molecule has 5 atom stereocenters. The van der Waals surface area contributed by atoms with E-state index in [0.29, 0.717) is 30.3 Å². The number of unbranched alkanes of at least 4 members (excludes halogenated alkanes) is 15. The molecule has 2 rings (SSSR count). The lowest BCUT2D eigenvalue weighted by atomic mass is 9.96. The highest BCUT2D eigenvalue weighted by molar-refractivity contribution is 7.45. The lowest BCUT2D eigenvalue weighted by Gasteiger charge is -2.28. The van der Waals surface area contributed by atoms with Crippen LogP contribution in [0.1, 0.15) is 155 Å². The molecule has 12 heteroatoms. The van der Waals surface area contributed by atoms with Crippen molar-refractivity contribution in [3.05, 3.63) is 36.0 Å². The third-order valence-electron chi connectivity index (χ3n) is 10.2. The molecular weight excluding hydrogens is 733 g/mol. The number of ether oxygens (including phenoxy) is 3. The number of carbonyl (C=O) groups excluding carboxylic acids is 3. The minimum absolute atomic E-state index is 0.0203. The van der Waals surface area contributed by atoms with Gasteiger partial charge in [-0.25, -0.2) is 0 Å². The van der Waals surface area contributed by atoms with Crippen LogP contribution in [0, 0.1) is 5.92 Å². The molecular formula is C44H76NO10P. The van der Waals surface area contributed by atoms with E-state index in [1.54, 1.807) is 6.08 Å². The summed E-state index contributed by atoms with van der Waals surface area (Å²) in [6, 6.07) is 0. The van der Waals surface area contributed by atoms with Gasteiger partial charge in [0.2, 0.25) is 0 Å². The molecule has 0 spiro atoms. The maximum absolute atomic E-state index is 12.8. The number of hydrogen-bond donors (Lipinski definition) is 0. The Morgan fingerprint density at radius 2 is 1.43 bits per heavy atom. The van der Waals surface area contributed by atoms with E-state index in [1.807, 2.05) is 33.3 Å². The Bertz CT molecular complexity index is 1260. The number of quaternary nitrogens is 1. The number of epoxide rings is 1. The molecule has 1 heterocycles. The van der Waals surface area contributed by atoms with Gasteiger partial charge in [0.05, 0.1) is 33.9 Å². The summed E-state index contributed by atoms with van der Waals surface area (Å²) >= 11 is 0. The summed E-state index contributed by atoms with van der Waals surface area (Å²) in [7, 11) is 1.05. The fourth-order valence-corrected chi connectivity index (χ4v) is 7.30. The van der Waals surface area contributed by atoms with E-state index in [9.17, 15) is 23.8 Å². The topological polar surface area (TPSA) is 141 Å². The van der Waals surface area contributed by atoms with E-state index >= 15 is 0 Å². The monoisotopic (exact) mass is 810 g/mol. The highest BCUT2D eigenvalue weighted by Gasteiger charge is 2.38. The zero-order valence-corrected chi connectivity index (χ0v) is 36.5. The Labute approximate surface area is 339 Å². The molecule has 0 aromatic rings. The van der Waals surface area contributed by atoms with Crippen LogP contribution in [0.15, 0.2) is 36.0 Å². The average Bonchev–Trinajstić information content (AvgIpc) is 3.80. The Morgan fingerprint density at radius 3 is 2.07 bits per heavy atom. The molecule has 56 heavy (non-hydrogen) atoms. The predicted octanol–water partition coefficient (Wildman–Crippen LogP) is 9.28. The van der Waals surface area contributed by atoms with Crippen LogP contribution in [0.2, 0.25) is 0 Å². The SMILES string of the molecule is CCCCC/C=C\C[C@H]1C=CC(=O)/C1=C/[C@H]1O[C@@H]1CCCC(=O)O[C@H](COC(=O)CCCCCCCCCCCCCCC)COP(=O)([O-])OCC[N+](C)(C)C. The van der Waals surface area contributed by atoms with Crippen molar-refractivity contribution in [2.24, 2.45) is 5.92 Å². The van der Waals surface area contributed by atoms with E-state index < -0.39 is 32.5 Å². The summed E-state index contributed by atoms with van der Waals surface area (Å²) < 4.78 is 39.7. The van der Waals surface area contributed by atoms with Crippen LogP contribution in [0.3, 0.4) is 0 Å². The second-order valence-electron chi connectivity index (χ2n) is 16.6. The molecule has 0 aromatic heterocycles. The number of allylic oxidation sites excluding steroid dienone is 5. The highest BCUT2D eigenvalue weighted by atomic mass is 31.2. The van der Waals surface area contributed by atoms with Crippen molar-refractivity contribution in [3.8, 4) is 0 Å². The molecule has 0 aromatic carbocycles. The van der Waals surface area contributed by atoms with Crippen molar-refractivity contribution in [1.82, 2.24) is 0 Å². The van der Waals surface area contributed by atoms with Gasteiger partial charge in [-0.3, -0.25) is 18.9 Å². The Balaban J connectivity index is 1.74. The number of hydrogen-bond acceptors (Lipinski definition) is 10. The summed E-state index contributed by atoms with van der Waals surface area (Å²) in [5.74, 6) is -0.910. The van der Waals surface area contributed by atoms with Gasteiger partial charge in [-0.15, -0.1) is 0 Å². The second-order valence-corrected chi connectivity index (χ2v) is 18.0. The number of esters is 2. The van der Waals surface area contributed by atoms with Crippen LogP contribution in [-0.4, -0.2) is 88.0 Å². The van der Waals surface area contributed by atoms with Gasteiger partial charge in [-0.1, -0.05) is 122 Å². The largest absolute Gasteiger partial charge is 0.756 e. The molecule has 1 unspecified atom stereocenters. The lowest BCUT2D eigenvalue weighted by molar-refractivity contribution is -0.870. The predicted molar refractivity (Wildman–Crippen MR) is 220 cm³/mol. The standard InChI is InChI=1S/C44H76NO10P/c1-6-8-10-12-14-15-16-17-18-19-20-22-24-28-43(47)51-35-38(36-53-56(49,50)52-33-32-45(3,4)5)54-44(48)29-25-27-41-42(55-41)34-39-37(30-31-40(39)46)26-23-21-13-11-9-7-2/h21,23,30-31,34,37-38,41-42H,6-20,22,24-29,32-33,35-36H2,1-5H3/b23-21-,39-34+/t37-,38+,41+,42+/m0/s1. The summed E-state index contributed by atoms with van der Waals surface area (Å²) in [5.41, 5.74) is 0.763. The number of phosphoric ester groups is 1. The number of nitrogens with zero attached hydrogens (tertiary/aromatic N) is 1. The molecule has 322 valence electrons. The van der Waals surface area contributed by atoms with Gasteiger partial charge in [-0.05, 0) is 50.7 Å². The average molecular weight is 810 g/mol. The highest BCUT2D eigenvalue weighted by Crippen LogP contribution is 2.38. The summed E-state index contributed by atoms with van der Waals surface area (Å²) in [6.07, 6.45) is 30.9. The molecule has 2 aliphatic rings. The quantitative estimate of drug-likeness (QED) is 0.0116. The Kier molecular flexibility index (Phi) is 26.0. The molecule has 11 nitrogen and oxygen atoms in total. The molecule has 0 saturated carbocycles. The number of ketones is 1. The minimum Gasteiger partial charge on any atom is -0.756 e. The third-order valence-corrected chi connectivity index (χ3v) is 11.1. The first-order chi connectivity index (χ1) is 26.8. The van der Waals surface area contributed by atoms with Gasteiger partial charge in [-0.2, -0.15) is 0 Å². The lowest BCUT2D eigenvalue weighted by Crippen LogP contribution is -2.37. The maximum atomic E-state index is 12.8. The van der Waals surface area contributed by atoms with Crippen molar-refractivity contribution >= 4 is 25.5 Å². The van der Waals surface area contributed by atoms with Gasteiger partial charge >= 0.3 is 11.9 Å². The first-order valence-corrected chi connectivity index (χ1v) is 23.3. The number of carbonyl (C=O) groups is 3. The molecule has 1 fully saturated rings. The number of rotatable bonds is 35. The molecule has 0 amide bonds. The summed E-state index contributed by atoms with van der Waals surface area (Å²) in [4.78, 5) is 50.3. The summed E-state index contributed by atoms with van der Waals surface area (Å²) in [5, 5.41) is 0. The Morgan fingerprint density at radius 1 is 0.821 bits per heavy atom.